The first kappa shape index (κ1) is 19.9. The minimum atomic E-state index is -3.48. The van der Waals surface area contributed by atoms with Crippen LogP contribution in [0.3, 0.4) is 0 Å². The highest BCUT2D eigenvalue weighted by atomic mass is 32.2. The molecule has 0 N–H and O–H groups in total. The monoisotopic (exact) mass is 390 g/mol. The maximum atomic E-state index is 13.1. The second-order valence-corrected chi connectivity index (χ2v) is 8.71. The third-order valence-electron chi connectivity index (χ3n) is 4.76. The highest BCUT2D eigenvalue weighted by Crippen LogP contribution is 2.37. The van der Waals surface area contributed by atoms with Crippen molar-refractivity contribution in [3.8, 4) is 0 Å². The zero-order valence-corrected chi connectivity index (χ0v) is 16.6. The number of hydrogen-bond acceptors (Lipinski definition) is 5. The van der Waals surface area contributed by atoms with Crippen molar-refractivity contribution in [1.29, 1.82) is 0 Å². The van der Waals surface area contributed by atoms with Crippen LogP contribution in [0.15, 0.2) is 42.7 Å². The molecule has 3 rings (SSSR count). The van der Waals surface area contributed by atoms with Gasteiger partial charge in [-0.3, -0.25) is 4.98 Å². The minimum absolute atomic E-state index is 0.0470. The first-order valence-electron chi connectivity index (χ1n) is 9.08. The molecule has 1 aromatic carbocycles. The fourth-order valence-corrected chi connectivity index (χ4v) is 4.93. The van der Waals surface area contributed by atoms with Crippen molar-refractivity contribution in [1.82, 2.24) is 9.29 Å². The number of aryl methyl sites for hydroxylation is 1. The first-order chi connectivity index (χ1) is 13.0. The van der Waals surface area contributed by atoms with Gasteiger partial charge in [-0.2, -0.15) is 4.31 Å². The first-order valence-corrected chi connectivity index (χ1v) is 10.7. The Balaban J connectivity index is 1.88. The Labute approximate surface area is 161 Å². The molecule has 0 amide bonds. The molecule has 0 saturated carbocycles. The van der Waals surface area contributed by atoms with Gasteiger partial charge in [0.25, 0.3) is 0 Å². The van der Waals surface area contributed by atoms with Gasteiger partial charge in [0.2, 0.25) is 10.0 Å². The van der Waals surface area contributed by atoms with Crippen molar-refractivity contribution in [2.75, 3.05) is 39.2 Å². The van der Waals surface area contributed by atoms with Gasteiger partial charge in [0.1, 0.15) is 0 Å². The zero-order valence-electron chi connectivity index (χ0n) is 15.8. The summed E-state index contributed by atoms with van der Waals surface area (Å²) in [6.45, 7) is 3.51. The molecular formula is C20H26N2O4S. The second-order valence-electron chi connectivity index (χ2n) is 6.67. The molecule has 2 heterocycles. The number of aromatic nitrogens is 1. The van der Waals surface area contributed by atoms with E-state index >= 15 is 0 Å². The fraction of sp³-hybridized carbons (Fsp3) is 0.450. The highest BCUT2D eigenvalue weighted by Gasteiger charge is 2.36. The van der Waals surface area contributed by atoms with E-state index in [4.69, 9.17) is 9.47 Å². The molecule has 1 aliphatic heterocycles. The summed E-state index contributed by atoms with van der Waals surface area (Å²) in [4.78, 5) is 4.20. The van der Waals surface area contributed by atoms with E-state index in [-0.39, 0.29) is 18.4 Å². The number of ether oxygens (including phenoxy) is 2. The van der Waals surface area contributed by atoms with Crippen LogP contribution in [0.5, 0.6) is 0 Å². The van der Waals surface area contributed by atoms with Gasteiger partial charge in [0.05, 0.1) is 31.6 Å². The zero-order chi connectivity index (χ0) is 19.3. The van der Waals surface area contributed by atoms with Crippen LogP contribution < -0.4 is 0 Å². The van der Waals surface area contributed by atoms with Gasteiger partial charge in [-0.25, -0.2) is 8.42 Å². The molecule has 1 aliphatic rings. The van der Waals surface area contributed by atoms with Crippen LogP contribution in [0.25, 0.3) is 0 Å². The van der Waals surface area contributed by atoms with Crippen LogP contribution in [0.2, 0.25) is 0 Å². The lowest BCUT2D eigenvalue weighted by molar-refractivity contribution is 0.0780. The van der Waals surface area contributed by atoms with Gasteiger partial charge in [0.15, 0.2) is 0 Å². The van der Waals surface area contributed by atoms with Gasteiger partial charge in [-0.1, -0.05) is 29.8 Å². The number of pyridine rings is 1. The van der Waals surface area contributed by atoms with E-state index in [0.29, 0.717) is 26.2 Å². The van der Waals surface area contributed by atoms with Crippen LogP contribution in [-0.2, 0) is 25.9 Å². The summed E-state index contributed by atoms with van der Waals surface area (Å²) in [5.41, 5.74) is 4.29. The molecule has 0 radical (unpaired) electrons. The van der Waals surface area contributed by atoms with Crippen LogP contribution >= 0.6 is 0 Å². The van der Waals surface area contributed by atoms with E-state index in [9.17, 15) is 8.42 Å². The maximum absolute atomic E-state index is 13.1. The Morgan fingerprint density at radius 1 is 1.22 bits per heavy atom. The quantitative estimate of drug-likeness (QED) is 0.647. The number of fused-ring (bicyclic) bond motifs is 1. The summed E-state index contributed by atoms with van der Waals surface area (Å²) >= 11 is 0. The van der Waals surface area contributed by atoms with Crippen molar-refractivity contribution in [3.05, 3.63) is 65.0 Å². The van der Waals surface area contributed by atoms with E-state index in [1.54, 1.807) is 23.8 Å². The Kier molecular flexibility index (Phi) is 6.59. The average molecular weight is 391 g/mol. The van der Waals surface area contributed by atoms with Crippen LogP contribution in [0, 0.1) is 6.92 Å². The molecule has 0 bridgehead atoms. The van der Waals surface area contributed by atoms with Gasteiger partial charge >= 0.3 is 0 Å². The molecule has 2 aromatic rings. The average Bonchev–Trinajstić information content (AvgIpc) is 2.67. The molecule has 1 aromatic heterocycles. The summed E-state index contributed by atoms with van der Waals surface area (Å²) < 4.78 is 38.1. The van der Waals surface area contributed by atoms with E-state index in [2.05, 4.69) is 18.0 Å². The van der Waals surface area contributed by atoms with Crippen molar-refractivity contribution < 1.29 is 17.9 Å². The summed E-state index contributed by atoms with van der Waals surface area (Å²) in [6.07, 6.45) is 4.15. The van der Waals surface area contributed by atoms with Crippen LogP contribution in [0.1, 0.15) is 28.3 Å². The molecule has 1 unspecified atom stereocenters. The van der Waals surface area contributed by atoms with Crippen molar-refractivity contribution >= 4 is 10.0 Å². The molecular weight excluding hydrogens is 364 g/mol. The fourth-order valence-electron chi connectivity index (χ4n) is 3.44. The maximum Gasteiger partial charge on any atom is 0.217 e. The predicted octanol–water partition coefficient (Wildman–Crippen LogP) is 2.33. The topological polar surface area (TPSA) is 68.7 Å². The number of rotatable bonds is 8. The normalized spacial score (nSPS) is 17.6. The number of sulfonamides is 1. The van der Waals surface area contributed by atoms with Crippen LogP contribution in [-0.4, -0.2) is 56.9 Å². The second kappa shape index (κ2) is 8.93. The SMILES string of the molecule is COCCOCCS(=O)(=O)N1CCc2cc(C)ccc2C1c1cccnc1. The van der Waals surface area contributed by atoms with E-state index in [1.807, 2.05) is 24.3 Å². The predicted molar refractivity (Wildman–Crippen MR) is 104 cm³/mol. The Bertz CT molecular complexity index is 856. The van der Waals surface area contributed by atoms with Crippen molar-refractivity contribution in [2.45, 2.75) is 19.4 Å². The van der Waals surface area contributed by atoms with Crippen LogP contribution in [0.4, 0.5) is 0 Å². The molecule has 0 spiro atoms. The minimum Gasteiger partial charge on any atom is -0.382 e. The molecule has 0 saturated heterocycles. The molecule has 7 heteroatoms. The molecule has 0 fully saturated rings. The lowest BCUT2D eigenvalue weighted by Crippen LogP contribution is -2.42. The Morgan fingerprint density at radius 3 is 2.81 bits per heavy atom. The molecule has 0 aliphatic carbocycles. The lowest BCUT2D eigenvalue weighted by Gasteiger charge is -2.36. The van der Waals surface area contributed by atoms with Crippen molar-refractivity contribution in [2.24, 2.45) is 0 Å². The molecule has 1 atom stereocenters. The summed E-state index contributed by atoms with van der Waals surface area (Å²) in [6, 6.07) is 9.65. The van der Waals surface area contributed by atoms with Crippen molar-refractivity contribution in [3.63, 3.8) is 0 Å². The lowest BCUT2D eigenvalue weighted by atomic mass is 9.89. The molecule has 146 valence electrons. The number of hydrogen-bond donors (Lipinski definition) is 0. The number of benzene rings is 1. The van der Waals surface area contributed by atoms with E-state index < -0.39 is 10.0 Å². The highest BCUT2D eigenvalue weighted by molar-refractivity contribution is 7.89. The van der Waals surface area contributed by atoms with E-state index in [0.717, 1.165) is 11.1 Å². The Morgan fingerprint density at radius 2 is 2.07 bits per heavy atom. The smallest absolute Gasteiger partial charge is 0.217 e. The van der Waals surface area contributed by atoms with Gasteiger partial charge in [-0.05, 0) is 36.1 Å². The van der Waals surface area contributed by atoms with Gasteiger partial charge < -0.3 is 9.47 Å². The Hall–Kier alpha value is -1.80. The van der Waals surface area contributed by atoms with Gasteiger partial charge in [0, 0.05) is 26.0 Å². The largest absolute Gasteiger partial charge is 0.382 e. The third-order valence-corrected chi connectivity index (χ3v) is 6.55. The summed E-state index contributed by atoms with van der Waals surface area (Å²) in [5, 5.41) is 0. The number of nitrogens with zero attached hydrogens (tertiary/aromatic N) is 2. The third kappa shape index (κ3) is 4.73. The van der Waals surface area contributed by atoms with E-state index in [1.165, 1.54) is 11.1 Å². The standard InChI is InChI=1S/C20H26N2O4S/c1-16-5-6-19-17(14-16)7-9-22(20(19)18-4-3-8-21-15-18)27(23,24)13-12-26-11-10-25-2/h3-6,8,14-15,20H,7,9-13H2,1-2H3. The number of methoxy groups -OCH3 is 1. The van der Waals surface area contributed by atoms with Gasteiger partial charge in [-0.15, -0.1) is 0 Å². The molecule has 27 heavy (non-hydrogen) atoms. The molecule has 6 nitrogen and oxygen atoms in total. The summed E-state index contributed by atoms with van der Waals surface area (Å²) in [5.74, 6) is -0.0470. The summed E-state index contributed by atoms with van der Waals surface area (Å²) in [7, 11) is -1.89.